The number of hydrogen-bond donors (Lipinski definition) is 3. The van der Waals surface area contributed by atoms with Crippen molar-refractivity contribution in [1.82, 2.24) is 19.9 Å². The van der Waals surface area contributed by atoms with Crippen LogP contribution in [-0.2, 0) is 19.5 Å². The molecule has 5 rings (SSSR count). The number of rotatable bonds is 10. The molecule has 0 saturated heterocycles. The number of aromatic nitrogens is 4. The van der Waals surface area contributed by atoms with E-state index in [2.05, 4.69) is 50.2 Å². The van der Waals surface area contributed by atoms with E-state index in [0.717, 1.165) is 30.3 Å². The molecule has 0 aliphatic rings. The molecule has 2 aromatic heterocycles. The Morgan fingerprint density at radius 1 is 0.812 bits per heavy atom. The zero-order valence-corrected chi connectivity index (χ0v) is 29.2. The number of phenolic OH excluding ortho intramolecular Hbond substituents is 1. The van der Waals surface area contributed by atoms with Crippen molar-refractivity contribution in [3.63, 3.8) is 0 Å². The molecule has 0 aliphatic heterocycles. The molecule has 0 radical (unpaired) electrons. The predicted octanol–water partition coefficient (Wildman–Crippen LogP) is -0.637. The van der Waals surface area contributed by atoms with Crippen LogP contribution in [0.25, 0.3) is 10.8 Å². The van der Waals surface area contributed by atoms with Gasteiger partial charge in [-0.05, 0) is 41.8 Å². The van der Waals surface area contributed by atoms with Gasteiger partial charge in [0.25, 0.3) is 0 Å². The number of halogens is 4. The van der Waals surface area contributed by atoms with Crippen LogP contribution in [0.5, 0.6) is 5.75 Å². The molecule has 2 heterocycles. The average molecular weight is 727 g/mol. The van der Waals surface area contributed by atoms with Crippen LogP contribution >= 0.6 is 12.0 Å². The smallest absolute Gasteiger partial charge is 0.744 e. The molecule has 0 fully saturated rings. The molecule has 0 aliphatic carbocycles. The maximum absolute atomic E-state index is 13.5. The Kier molecular flexibility index (Phi) is 15.0. The fourth-order valence-corrected chi connectivity index (χ4v) is 4.90. The fourth-order valence-electron chi connectivity index (χ4n) is 3.82. The third-order valence-electron chi connectivity index (χ3n) is 5.57. The Bertz CT molecular complexity index is 2050. The van der Waals surface area contributed by atoms with Crippen molar-refractivity contribution in [3.05, 3.63) is 78.6 Å². The van der Waals surface area contributed by atoms with Crippen molar-refractivity contribution >= 4 is 67.3 Å². The van der Waals surface area contributed by atoms with Crippen LogP contribution in [0.3, 0.4) is 0 Å². The monoisotopic (exact) mass is 726 g/mol. The first-order chi connectivity index (χ1) is 21.4. The van der Waals surface area contributed by atoms with E-state index in [9.17, 15) is 40.9 Å². The van der Waals surface area contributed by atoms with E-state index in [-0.39, 0.29) is 99.8 Å². The molecular weight excluding hydrogens is 710 g/mol. The van der Waals surface area contributed by atoms with Gasteiger partial charge in [-0.15, -0.1) is 10.2 Å². The van der Waals surface area contributed by atoms with E-state index in [1.807, 2.05) is 0 Å². The van der Waals surface area contributed by atoms with Crippen LogP contribution in [0.1, 0.15) is 7.43 Å². The number of fused-ring (bicyclic) bond motifs is 1. The van der Waals surface area contributed by atoms with Crippen molar-refractivity contribution in [3.8, 4) is 5.75 Å². The van der Waals surface area contributed by atoms with Gasteiger partial charge in [0.2, 0.25) is 11.9 Å². The summed E-state index contributed by atoms with van der Waals surface area (Å²) in [4.78, 5) is 11.6. The predicted molar refractivity (Wildman–Crippen MR) is 149 cm³/mol. The Morgan fingerprint density at radius 3 is 1.92 bits per heavy atom. The molecule has 5 aromatic rings. The first kappa shape index (κ1) is 41.1. The zero-order valence-electron chi connectivity index (χ0n) is 23.6. The molecule has 0 unspecified atom stereocenters. The molecule has 0 saturated carbocycles. The van der Waals surface area contributed by atoms with Crippen LogP contribution in [-0.4, -0.2) is 38.0 Å². The summed E-state index contributed by atoms with van der Waals surface area (Å²) < 4.78 is 93.9. The summed E-state index contributed by atoms with van der Waals surface area (Å²) in [5, 5.41) is 38.2. The largest absolute Gasteiger partial charge is 1.00 e. The molecule has 0 atom stereocenters. The van der Waals surface area contributed by atoms with Gasteiger partial charge in [0.15, 0.2) is 5.75 Å². The minimum atomic E-state index is -5.15. The fraction of sp³-hybridized carbons (Fsp3) is 0.0400. The minimum absolute atomic E-state index is 0. The van der Waals surface area contributed by atoms with Gasteiger partial charge >= 0.3 is 71.3 Å². The quantitative estimate of drug-likeness (QED) is 0.0188. The van der Waals surface area contributed by atoms with Crippen LogP contribution < -0.4 is 75.0 Å². The molecular formula is C25H16F4N8Na2O7S2. The Hall–Kier alpha value is -3.06. The van der Waals surface area contributed by atoms with Gasteiger partial charge in [0.1, 0.15) is 33.1 Å². The van der Waals surface area contributed by atoms with Gasteiger partial charge in [0.05, 0.1) is 21.8 Å². The molecule has 23 heteroatoms. The number of nitrogens with zero attached hydrogens (tertiary/aromatic N) is 6. The third-order valence-corrected chi connectivity index (χ3v) is 7.07. The molecule has 15 nitrogen and oxygen atoms in total. The Labute approximate surface area is 316 Å². The number of nitrogens with one attached hydrogen (secondary N) is 2. The van der Waals surface area contributed by atoms with Crippen LogP contribution in [0, 0.1) is 24.1 Å². The van der Waals surface area contributed by atoms with Crippen LogP contribution in [0.15, 0.2) is 74.6 Å². The summed E-state index contributed by atoms with van der Waals surface area (Å²) in [5.41, 5.74) is -0.838. The molecule has 3 aromatic carbocycles. The van der Waals surface area contributed by atoms with Gasteiger partial charge in [-0.2, -0.15) is 41.8 Å². The maximum atomic E-state index is 13.5. The average Bonchev–Trinajstić information content (AvgIpc) is 2.94. The number of anilines is 4. The summed E-state index contributed by atoms with van der Waals surface area (Å²) in [6.45, 7) is 0. The second kappa shape index (κ2) is 17.6. The SMILES string of the molecule is C.O=S(=O)([O-])c1ccc(Nc2cc(F)nc(F)n2)cc1N=Nc1c(SOO[O-])cc2ccc(Nc3cc(F)nc(F)n3)cc2c1O.[Na+].[Na+]. The van der Waals surface area contributed by atoms with Crippen molar-refractivity contribution in [1.29, 1.82) is 0 Å². The molecule has 0 spiro atoms. The van der Waals surface area contributed by atoms with Crippen molar-refractivity contribution < 1.29 is 109 Å². The summed E-state index contributed by atoms with van der Waals surface area (Å²) in [5.74, 6) is -3.57. The van der Waals surface area contributed by atoms with Gasteiger partial charge in [-0.25, -0.2) is 8.42 Å². The van der Waals surface area contributed by atoms with E-state index >= 15 is 0 Å². The summed E-state index contributed by atoms with van der Waals surface area (Å²) in [6, 6.07) is 10.1. The molecule has 0 bridgehead atoms. The van der Waals surface area contributed by atoms with Crippen molar-refractivity contribution in [2.75, 3.05) is 10.6 Å². The number of azo groups is 1. The number of benzene rings is 3. The Balaban J connectivity index is 0.00000267. The van der Waals surface area contributed by atoms with Gasteiger partial charge < -0.3 is 25.6 Å². The maximum Gasteiger partial charge on any atom is 1.00 e. The normalized spacial score (nSPS) is 11.0. The number of aromatic hydroxyl groups is 1. The first-order valence-electron chi connectivity index (χ1n) is 11.8. The van der Waals surface area contributed by atoms with Gasteiger partial charge in [-0.1, -0.05) is 13.5 Å². The minimum Gasteiger partial charge on any atom is -0.744 e. The second-order valence-electron chi connectivity index (χ2n) is 8.50. The summed E-state index contributed by atoms with van der Waals surface area (Å²) in [7, 11) is -5.15. The third kappa shape index (κ3) is 10.2. The number of hydrogen-bond acceptors (Lipinski definition) is 16. The summed E-state index contributed by atoms with van der Waals surface area (Å²) >= 11 is 0.297. The van der Waals surface area contributed by atoms with Crippen LogP contribution in [0.4, 0.5) is 51.9 Å². The van der Waals surface area contributed by atoms with E-state index in [1.54, 1.807) is 0 Å². The van der Waals surface area contributed by atoms with Crippen LogP contribution in [0.2, 0.25) is 0 Å². The van der Waals surface area contributed by atoms with Gasteiger partial charge in [-0.3, -0.25) is 5.04 Å². The topological polar surface area (TPSA) is 219 Å². The van der Waals surface area contributed by atoms with Gasteiger partial charge in [0, 0.05) is 28.9 Å². The second-order valence-corrected chi connectivity index (χ2v) is 10.6. The van der Waals surface area contributed by atoms with E-state index < -0.39 is 56.2 Å². The molecule has 0 amide bonds. The van der Waals surface area contributed by atoms with E-state index in [0.29, 0.717) is 17.4 Å². The van der Waals surface area contributed by atoms with E-state index in [1.165, 1.54) is 24.3 Å². The molecule has 240 valence electrons. The standard InChI is InChI=1S/C24H14F4N8O7S2.CH4.2Na/c25-17-8-19(33-23(27)31-17)29-11-2-1-10-5-15(44-43-42-38)21(22(37)13(10)6-11)36-35-14-7-12(3-4-16(14)45(39,40)41)30-20-9-18(26)32-24(28)34-20;;;/h1-9,37-38H,(H,29,31,33)(H,30,32,34)(H,39,40,41);1H4;;/q;;2*+1/p-2. The van der Waals surface area contributed by atoms with Crippen molar-refractivity contribution in [2.24, 2.45) is 10.2 Å². The molecule has 3 N–H and O–H groups in total. The molecule has 48 heavy (non-hydrogen) atoms. The summed E-state index contributed by atoms with van der Waals surface area (Å²) in [6.07, 6.45) is -2.73. The first-order valence-corrected chi connectivity index (χ1v) is 13.9. The zero-order chi connectivity index (χ0) is 32.3. The Morgan fingerprint density at radius 2 is 1.38 bits per heavy atom. The van der Waals surface area contributed by atoms with E-state index in [4.69, 9.17) is 0 Å². The number of phenols is 1. The van der Waals surface area contributed by atoms with Crippen molar-refractivity contribution in [2.45, 2.75) is 17.2 Å².